The van der Waals surface area contributed by atoms with Gasteiger partial charge in [-0.3, -0.25) is 4.79 Å². The van der Waals surface area contributed by atoms with Gasteiger partial charge in [-0.1, -0.05) is 6.07 Å². The van der Waals surface area contributed by atoms with Crippen molar-refractivity contribution in [3.63, 3.8) is 0 Å². The average Bonchev–Trinajstić information content (AvgIpc) is 2.57. The molecule has 1 aromatic rings. The minimum atomic E-state index is -0.403. The molecule has 2 rings (SSSR count). The summed E-state index contributed by atoms with van der Waals surface area (Å²) in [6, 6.07) is 5.65. The number of carbonyl (C=O) groups excluding carboxylic acids is 1. The van der Waals surface area contributed by atoms with E-state index in [1.165, 1.54) is 0 Å². The van der Waals surface area contributed by atoms with Crippen LogP contribution in [0.2, 0.25) is 0 Å². The molecule has 4 nitrogen and oxygen atoms in total. The second-order valence-corrected chi connectivity index (χ2v) is 6.42. The highest BCUT2D eigenvalue weighted by Gasteiger charge is 2.51. The van der Waals surface area contributed by atoms with Gasteiger partial charge in [0, 0.05) is 25.3 Å². The highest BCUT2D eigenvalue weighted by Crippen LogP contribution is 2.36. The standard InChI is InChI=1S/C15H22BNO3/c1-14(2)15(3,4)20-16(19-14)12-8-7-11(10-18)13(9-12)17(5)6/h7-10H,1-6H3. The van der Waals surface area contributed by atoms with Crippen LogP contribution in [0, 0.1) is 0 Å². The van der Waals surface area contributed by atoms with Crippen molar-refractivity contribution < 1.29 is 14.1 Å². The molecule has 1 aromatic carbocycles. The lowest BCUT2D eigenvalue weighted by atomic mass is 9.78. The minimum Gasteiger partial charge on any atom is -0.399 e. The second kappa shape index (κ2) is 4.90. The largest absolute Gasteiger partial charge is 0.494 e. The van der Waals surface area contributed by atoms with Crippen LogP contribution in [0.25, 0.3) is 0 Å². The van der Waals surface area contributed by atoms with Gasteiger partial charge in [0.05, 0.1) is 11.2 Å². The molecule has 0 bridgehead atoms. The van der Waals surface area contributed by atoms with Crippen LogP contribution in [0.3, 0.4) is 0 Å². The van der Waals surface area contributed by atoms with Crippen molar-refractivity contribution in [2.24, 2.45) is 0 Å². The summed E-state index contributed by atoms with van der Waals surface area (Å²) in [7, 11) is 3.42. The zero-order valence-electron chi connectivity index (χ0n) is 13.1. The third-order valence-electron chi connectivity index (χ3n) is 4.19. The Kier molecular flexibility index (Phi) is 3.69. The van der Waals surface area contributed by atoms with Crippen molar-refractivity contribution in [2.45, 2.75) is 38.9 Å². The second-order valence-electron chi connectivity index (χ2n) is 6.42. The summed E-state index contributed by atoms with van der Waals surface area (Å²) in [6.07, 6.45) is 0.864. The van der Waals surface area contributed by atoms with Crippen LogP contribution in [0.5, 0.6) is 0 Å². The maximum atomic E-state index is 11.1. The van der Waals surface area contributed by atoms with Gasteiger partial charge in [0.1, 0.15) is 0 Å². The van der Waals surface area contributed by atoms with Crippen LogP contribution in [0.15, 0.2) is 18.2 Å². The fraction of sp³-hybridized carbons (Fsp3) is 0.533. The number of carbonyl (C=O) groups is 1. The molecule has 0 aliphatic carbocycles. The third-order valence-corrected chi connectivity index (χ3v) is 4.19. The quantitative estimate of drug-likeness (QED) is 0.623. The molecule has 0 saturated carbocycles. The topological polar surface area (TPSA) is 38.8 Å². The maximum absolute atomic E-state index is 11.1. The normalized spacial score (nSPS) is 20.0. The van der Waals surface area contributed by atoms with Crippen molar-refractivity contribution in [3.05, 3.63) is 23.8 Å². The maximum Gasteiger partial charge on any atom is 0.494 e. The Balaban J connectivity index is 2.36. The number of hydrogen-bond acceptors (Lipinski definition) is 4. The summed E-state index contributed by atoms with van der Waals surface area (Å²) in [5.41, 5.74) is 1.74. The molecule has 0 atom stereocenters. The summed E-state index contributed by atoms with van der Waals surface area (Å²) >= 11 is 0. The Bertz CT molecular complexity index is 510. The zero-order valence-corrected chi connectivity index (χ0v) is 13.1. The van der Waals surface area contributed by atoms with Crippen LogP contribution in [-0.2, 0) is 9.31 Å². The van der Waals surface area contributed by atoms with Gasteiger partial charge in [0.2, 0.25) is 0 Å². The van der Waals surface area contributed by atoms with E-state index >= 15 is 0 Å². The number of hydrogen-bond donors (Lipinski definition) is 0. The van der Waals surface area contributed by atoms with E-state index in [0.717, 1.165) is 17.4 Å². The Hall–Kier alpha value is -1.33. The van der Waals surface area contributed by atoms with Crippen molar-refractivity contribution in [1.82, 2.24) is 0 Å². The number of aldehydes is 1. The molecule has 0 aromatic heterocycles. The smallest absolute Gasteiger partial charge is 0.399 e. The first-order valence-corrected chi connectivity index (χ1v) is 6.80. The molecule has 20 heavy (non-hydrogen) atoms. The van der Waals surface area contributed by atoms with Crippen LogP contribution in [0.1, 0.15) is 38.1 Å². The SMILES string of the molecule is CN(C)c1cc(B2OC(C)(C)C(C)(C)O2)ccc1C=O. The first-order valence-electron chi connectivity index (χ1n) is 6.80. The van der Waals surface area contributed by atoms with Gasteiger partial charge in [-0.05, 0) is 45.3 Å². The monoisotopic (exact) mass is 275 g/mol. The first kappa shape index (κ1) is 15.1. The zero-order chi connectivity index (χ0) is 15.1. The van der Waals surface area contributed by atoms with Crippen molar-refractivity contribution in [1.29, 1.82) is 0 Å². The van der Waals surface area contributed by atoms with Gasteiger partial charge in [-0.25, -0.2) is 0 Å². The van der Waals surface area contributed by atoms with Crippen LogP contribution < -0.4 is 10.4 Å². The van der Waals surface area contributed by atoms with E-state index in [4.69, 9.17) is 9.31 Å². The molecule has 0 unspecified atom stereocenters. The summed E-state index contributed by atoms with van der Waals surface area (Å²) in [4.78, 5) is 13.0. The van der Waals surface area contributed by atoms with Gasteiger partial charge in [-0.2, -0.15) is 0 Å². The van der Waals surface area contributed by atoms with E-state index in [2.05, 4.69) is 0 Å². The van der Waals surface area contributed by atoms with E-state index < -0.39 is 7.12 Å². The lowest BCUT2D eigenvalue weighted by molar-refractivity contribution is 0.00578. The van der Waals surface area contributed by atoms with E-state index in [1.807, 2.05) is 64.9 Å². The molecule has 108 valence electrons. The summed E-state index contributed by atoms with van der Waals surface area (Å²) in [5.74, 6) is 0. The van der Waals surface area contributed by atoms with Gasteiger partial charge < -0.3 is 14.2 Å². The molecular weight excluding hydrogens is 253 g/mol. The highest BCUT2D eigenvalue weighted by molar-refractivity contribution is 6.62. The lowest BCUT2D eigenvalue weighted by Crippen LogP contribution is -2.41. The number of rotatable bonds is 3. The Labute approximate surface area is 121 Å². The summed E-state index contributed by atoms with van der Waals surface area (Å²) in [6.45, 7) is 8.11. The van der Waals surface area contributed by atoms with Crippen molar-refractivity contribution in [3.8, 4) is 0 Å². The van der Waals surface area contributed by atoms with E-state index in [0.29, 0.717) is 5.56 Å². The van der Waals surface area contributed by atoms with E-state index in [9.17, 15) is 4.79 Å². The molecule has 1 saturated heterocycles. The molecule has 1 heterocycles. The molecule has 0 radical (unpaired) electrons. The third kappa shape index (κ3) is 2.48. The van der Waals surface area contributed by atoms with Gasteiger partial charge in [0.25, 0.3) is 0 Å². The minimum absolute atomic E-state index is 0.362. The predicted octanol–water partition coefficient (Wildman–Crippen LogP) is 1.86. The number of nitrogens with zero attached hydrogens (tertiary/aromatic N) is 1. The Morgan fingerprint density at radius 3 is 2.10 bits per heavy atom. The average molecular weight is 275 g/mol. The Morgan fingerprint density at radius 1 is 1.10 bits per heavy atom. The van der Waals surface area contributed by atoms with E-state index in [-0.39, 0.29) is 11.2 Å². The summed E-state index contributed by atoms with van der Waals surface area (Å²) in [5, 5.41) is 0. The van der Waals surface area contributed by atoms with E-state index in [1.54, 1.807) is 0 Å². The molecular formula is C15H22BNO3. The summed E-state index contributed by atoms with van der Waals surface area (Å²) < 4.78 is 12.1. The van der Waals surface area contributed by atoms with Gasteiger partial charge in [0.15, 0.2) is 6.29 Å². The van der Waals surface area contributed by atoms with Crippen LogP contribution >= 0.6 is 0 Å². The number of anilines is 1. The fourth-order valence-electron chi connectivity index (χ4n) is 2.17. The van der Waals surface area contributed by atoms with Gasteiger partial charge in [-0.15, -0.1) is 0 Å². The molecule has 0 N–H and O–H groups in total. The van der Waals surface area contributed by atoms with Crippen molar-refractivity contribution in [2.75, 3.05) is 19.0 Å². The van der Waals surface area contributed by atoms with Crippen LogP contribution in [0.4, 0.5) is 5.69 Å². The molecule has 0 spiro atoms. The molecule has 0 amide bonds. The molecule has 1 aliphatic heterocycles. The van der Waals surface area contributed by atoms with Crippen LogP contribution in [-0.4, -0.2) is 38.7 Å². The predicted molar refractivity (Wildman–Crippen MR) is 81.9 cm³/mol. The Morgan fingerprint density at radius 2 is 1.65 bits per heavy atom. The first-order chi connectivity index (χ1) is 9.18. The molecule has 1 aliphatic rings. The highest BCUT2D eigenvalue weighted by atomic mass is 16.7. The van der Waals surface area contributed by atoms with Crippen molar-refractivity contribution >= 4 is 24.6 Å². The molecule has 5 heteroatoms. The number of benzene rings is 1. The molecule has 1 fully saturated rings. The fourth-order valence-corrected chi connectivity index (χ4v) is 2.17. The van der Waals surface area contributed by atoms with Gasteiger partial charge >= 0.3 is 7.12 Å². The lowest BCUT2D eigenvalue weighted by Gasteiger charge is -2.32.